The first-order valence-corrected chi connectivity index (χ1v) is 5.73. The number of alkyl halides is 3. The summed E-state index contributed by atoms with van der Waals surface area (Å²) < 4.78 is 40.9. The van der Waals surface area contributed by atoms with Crippen LogP contribution in [0.25, 0.3) is 0 Å². The van der Waals surface area contributed by atoms with Crippen LogP contribution >= 0.6 is 0 Å². The number of hydrogen-bond donors (Lipinski definition) is 1. The quantitative estimate of drug-likeness (QED) is 0.663. The molecule has 108 valence electrons. The van der Waals surface area contributed by atoms with Crippen LogP contribution in [0.15, 0.2) is 30.3 Å². The molecule has 1 aliphatic heterocycles. The molecule has 0 aliphatic carbocycles. The molecule has 2 atom stereocenters. The first-order chi connectivity index (χ1) is 9.38. The smallest absolute Gasteiger partial charge is 0.460 e. The molecule has 1 aromatic rings. The summed E-state index contributed by atoms with van der Waals surface area (Å²) in [7, 11) is 0. The van der Waals surface area contributed by atoms with E-state index in [2.05, 4.69) is 0 Å². The maximum atomic E-state index is 12.0. The van der Waals surface area contributed by atoms with E-state index in [4.69, 9.17) is 4.74 Å². The fraction of sp³-hybridized carbons (Fsp3) is 0.333. The van der Waals surface area contributed by atoms with E-state index in [1.165, 1.54) is 0 Å². The molecule has 1 N–H and O–H groups in total. The summed E-state index contributed by atoms with van der Waals surface area (Å²) in [6.45, 7) is 0.0483. The second-order valence-corrected chi connectivity index (χ2v) is 4.20. The Morgan fingerprint density at radius 2 is 1.95 bits per heavy atom. The highest BCUT2D eigenvalue weighted by Crippen LogP contribution is 2.20. The maximum absolute atomic E-state index is 12.0. The molecular weight excluding hydrogens is 277 g/mol. The van der Waals surface area contributed by atoms with Gasteiger partial charge in [0, 0.05) is 6.54 Å². The Balaban J connectivity index is 1.75. The van der Waals surface area contributed by atoms with Crippen LogP contribution < -0.4 is 5.43 Å². The number of esters is 1. The number of amides is 1. The number of nitrogens with zero attached hydrogens (tertiary/aromatic N) is 1. The molecule has 1 saturated heterocycles. The minimum absolute atomic E-state index is 0.00937. The molecule has 20 heavy (non-hydrogen) atoms. The minimum Gasteiger partial charge on any atom is -0.460 e. The van der Waals surface area contributed by atoms with E-state index < -0.39 is 24.1 Å². The third-order valence-corrected chi connectivity index (χ3v) is 2.61. The predicted molar refractivity (Wildman–Crippen MR) is 60.9 cm³/mol. The first kappa shape index (κ1) is 14.3. The zero-order valence-corrected chi connectivity index (χ0v) is 10.2. The Hall–Kier alpha value is -2.09. The molecule has 1 amide bonds. The maximum Gasteiger partial charge on any atom is 0.472 e. The molecule has 5 nitrogen and oxygen atoms in total. The average molecular weight is 288 g/mol. The molecular formula is C12H11F3N2O3. The lowest BCUT2D eigenvalue weighted by molar-refractivity contribution is -0.177. The summed E-state index contributed by atoms with van der Waals surface area (Å²) in [5, 5.41) is 0.878. The minimum atomic E-state index is -4.97. The topological polar surface area (TPSA) is 58.4 Å². The predicted octanol–water partition coefficient (Wildman–Crippen LogP) is 1.01. The second-order valence-electron chi connectivity index (χ2n) is 4.20. The van der Waals surface area contributed by atoms with Crippen molar-refractivity contribution >= 4 is 11.9 Å². The van der Waals surface area contributed by atoms with Crippen molar-refractivity contribution in [2.24, 2.45) is 0 Å². The van der Waals surface area contributed by atoms with Crippen molar-refractivity contribution < 1.29 is 27.5 Å². The van der Waals surface area contributed by atoms with Crippen LogP contribution in [0.4, 0.5) is 13.2 Å². The monoisotopic (exact) mass is 288 g/mol. The second kappa shape index (κ2) is 5.49. The molecule has 1 aromatic carbocycles. The van der Waals surface area contributed by atoms with Crippen LogP contribution in [-0.4, -0.2) is 35.6 Å². The van der Waals surface area contributed by atoms with Gasteiger partial charge in [0.2, 0.25) is 0 Å². The molecule has 0 radical (unpaired) electrons. The molecule has 0 spiro atoms. The molecule has 8 heteroatoms. The standard InChI is InChI=1S/C12H11F3N2O3/c13-12(14,15)11(19)16-17-6-9(17)10(18)20-7-8-4-2-1-3-5-8/h1-5,9H,6-7H2,(H,16,19). The zero-order valence-electron chi connectivity index (χ0n) is 10.2. The van der Waals surface area contributed by atoms with Gasteiger partial charge in [0.15, 0.2) is 0 Å². The van der Waals surface area contributed by atoms with Gasteiger partial charge in [-0.1, -0.05) is 30.3 Å². The summed E-state index contributed by atoms with van der Waals surface area (Å²) in [5.41, 5.74) is 2.36. The van der Waals surface area contributed by atoms with E-state index in [1.807, 2.05) is 0 Å². The fourth-order valence-corrected chi connectivity index (χ4v) is 1.48. The van der Waals surface area contributed by atoms with Gasteiger partial charge < -0.3 is 4.74 Å². The van der Waals surface area contributed by atoms with Gasteiger partial charge in [-0.25, -0.2) is 5.01 Å². The molecule has 2 unspecified atom stereocenters. The summed E-state index contributed by atoms with van der Waals surface area (Å²) in [4.78, 5) is 22.2. The number of halogens is 3. The average Bonchev–Trinajstić information content (AvgIpc) is 3.15. The molecule has 2 rings (SSSR count). The van der Waals surface area contributed by atoms with E-state index in [0.717, 1.165) is 10.6 Å². The van der Waals surface area contributed by atoms with Crippen LogP contribution in [0.2, 0.25) is 0 Å². The Morgan fingerprint density at radius 1 is 1.30 bits per heavy atom. The molecule has 1 aliphatic rings. The van der Waals surface area contributed by atoms with Crippen molar-refractivity contribution in [2.75, 3.05) is 6.54 Å². The van der Waals surface area contributed by atoms with Crippen LogP contribution in [0.1, 0.15) is 5.56 Å². The third kappa shape index (κ3) is 3.70. The van der Waals surface area contributed by atoms with E-state index in [0.29, 0.717) is 0 Å². The Labute approximate surface area is 112 Å². The molecule has 0 bridgehead atoms. The number of hydrazine groups is 1. The Bertz CT molecular complexity index is 504. The van der Waals surface area contributed by atoms with Crippen molar-refractivity contribution in [3.05, 3.63) is 35.9 Å². The summed E-state index contributed by atoms with van der Waals surface area (Å²) >= 11 is 0. The summed E-state index contributed by atoms with van der Waals surface area (Å²) in [6, 6.07) is 8.00. The Kier molecular flexibility index (Phi) is 3.93. The van der Waals surface area contributed by atoms with Gasteiger partial charge in [-0.3, -0.25) is 15.0 Å². The molecule has 1 fully saturated rings. The lowest BCUT2D eigenvalue weighted by Gasteiger charge is -2.09. The van der Waals surface area contributed by atoms with E-state index >= 15 is 0 Å². The van der Waals surface area contributed by atoms with Crippen molar-refractivity contribution in [1.82, 2.24) is 10.4 Å². The highest BCUT2D eigenvalue weighted by molar-refractivity contribution is 5.84. The van der Waals surface area contributed by atoms with Gasteiger partial charge in [0.1, 0.15) is 12.6 Å². The summed E-state index contributed by atoms with van der Waals surface area (Å²) in [5.74, 6) is -2.77. The number of carbonyl (C=O) groups is 2. The van der Waals surface area contributed by atoms with Crippen molar-refractivity contribution in [3.63, 3.8) is 0 Å². The van der Waals surface area contributed by atoms with Crippen molar-refractivity contribution in [3.8, 4) is 0 Å². The van der Waals surface area contributed by atoms with Gasteiger partial charge in [-0.2, -0.15) is 13.2 Å². The van der Waals surface area contributed by atoms with Crippen LogP contribution in [0.3, 0.4) is 0 Å². The van der Waals surface area contributed by atoms with Crippen LogP contribution in [0, 0.1) is 0 Å². The van der Waals surface area contributed by atoms with Gasteiger partial charge in [0.25, 0.3) is 0 Å². The number of rotatable bonds is 4. The largest absolute Gasteiger partial charge is 0.472 e. The normalized spacial score (nSPS) is 21.1. The molecule has 1 heterocycles. The number of nitrogens with one attached hydrogen (secondary N) is 1. The van der Waals surface area contributed by atoms with Gasteiger partial charge in [-0.15, -0.1) is 0 Å². The van der Waals surface area contributed by atoms with E-state index in [-0.39, 0.29) is 13.2 Å². The van der Waals surface area contributed by atoms with Gasteiger partial charge >= 0.3 is 18.1 Å². The fourth-order valence-electron chi connectivity index (χ4n) is 1.48. The van der Waals surface area contributed by atoms with Crippen LogP contribution in [0.5, 0.6) is 0 Å². The summed E-state index contributed by atoms with van der Waals surface area (Å²) in [6.07, 6.45) is -4.97. The number of carbonyl (C=O) groups excluding carboxylic acids is 2. The zero-order chi connectivity index (χ0) is 14.8. The van der Waals surface area contributed by atoms with Gasteiger partial charge in [0.05, 0.1) is 0 Å². The molecule has 0 saturated carbocycles. The SMILES string of the molecule is O=C(OCc1ccccc1)C1CN1NC(=O)C(F)(F)F. The lowest BCUT2D eigenvalue weighted by Crippen LogP contribution is -2.41. The highest BCUT2D eigenvalue weighted by Gasteiger charge is 2.48. The van der Waals surface area contributed by atoms with E-state index in [9.17, 15) is 22.8 Å². The number of ether oxygens (including phenoxy) is 1. The third-order valence-electron chi connectivity index (χ3n) is 2.61. The van der Waals surface area contributed by atoms with E-state index in [1.54, 1.807) is 35.8 Å². The van der Waals surface area contributed by atoms with Crippen LogP contribution in [-0.2, 0) is 20.9 Å². The first-order valence-electron chi connectivity index (χ1n) is 5.73. The van der Waals surface area contributed by atoms with Gasteiger partial charge in [-0.05, 0) is 5.56 Å². The lowest BCUT2D eigenvalue weighted by atomic mass is 10.2. The Morgan fingerprint density at radius 3 is 2.55 bits per heavy atom. The highest BCUT2D eigenvalue weighted by atomic mass is 19.4. The van der Waals surface area contributed by atoms with Crippen molar-refractivity contribution in [2.45, 2.75) is 18.8 Å². The van der Waals surface area contributed by atoms with Crippen molar-refractivity contribution in [1.29, 1.82) is 0 Å². The molecule has 0 aromatic heterocycles. The number of benzene rings is 1. The number of hydrogen-bond acceptors (Lipinski definition) is 4.